The number of unbranched alkanes of at least 4 members (excludes halogenated alkanes) is 8. The first-order valence-corrected chi connectivity index (χ1v) is 9.11. The summed E-state index contributed by atoms with van der Waals surface area (Å²) in [5, 5.41) is 8.81. The summed E-state index contributed by atoms with van der Waals surface area (Å²) in [5.41, 5.74) is 0. The first kappa shape index (κ1) is 20.9. The van der Waals surface area contributed by atoms with Gasteiger partial charge in [0.15, 0.2) is 0 Å². The molecule has 0 heterocycles. The Morgan fingerprint density at radius 2 is 1.27 bits per heavy atom. The molecule has 0 saturated heterocycles. The number of carboxylic acid groups (broad SMARTS) is 1. The number of hydrogen-bond donors (Lipinski definition) is 1. The van der Waals surface area contributed by atoms with Crippen molar-refractivity contribution in [2.24, 2.45) is 0 Å². The molecule has 0 aliphatic carbocycles. The number of amides is 1. The molecule has 0 saturated carbocycles. The van der Waals surface area contributed by atoms with E-state index >= 15 is 0 Å². The summed E-state index contributed by atoms with van der Waals surface area (Å²) in [7, 11) is 0. The van der Waals surface area contributed by atoms with E-state index in [2.05, 4.69) is 13.8 Å². The Labute approximate surface area is 136 Å². The van der Waals surface area contributed by atoms with Gasteiger partial charge in [0.1, 0.15) is 0 Å². The van der Waals surface area contributed by atoms with Gasteiger partial charge in [-0.05, 0) is 12.8 Å². The Hall–Kier alpha value is -1.06. The zero-order valence-electron chi connectivity index (χ0n) is 14.6. The summed E-state index contributed by atoms with van der Waals surface area (Å²) >= 11 is 0. The zero-order valence-corrected chi connectivity index (χ0v) is 14.6. The van der Waals surface area contributed by atoms with Gasteiger partial charge in [-0.15, -0.1) is 0 Å². The lowest BCUT2D eigenvalue weighted by molar-refractivity contribution is -0.138. The van der Waals surface area contributed by atoms with Crippen LogP contribution >= 0.6 is 0 Å². The monoisotopic (exact) mass is 313 g/mol. The lowest BCUT2D eigenvalue weighted by atomic mass is 10.1. The van der Waals surface area contributed by atoms with Crippen LogP contribution in [0.25, 0.3) is 0 Å². The van der Waals surface area contributed by atoms with Crippen LogP contribution in [0.15, 0.2) is 0 Å². The van der Waals surface area contributed by atoms with Crippen molar-refractivity contribution in [2.45, 2.75) is 90.9 Å². The third-order valence-corrected chi connectivity index (χ3v) is 3.97. The Balaban J connectivity index is 3.96. The fourth-order valence-electron chi connectivity index (χ4n) is 2.54. The minimum atomic E-state index is -0.828. The maximum Gasteiger partial charge on any atom is 0.305 e. The fraction of sp³-hybridized carbons (Fsp3) is 0.889. The highest BCUT2D eigenvalue weighted by Gasteiger charge is 2.13. The maximum atomic E-state index is 12.2. The molecule has 0 atom stereocenters. The van der Waals surface area contributed by atoms with Gasteiger partial charge in [0.05, 0.1) is 6.42 Å². The largest absolute Gasteiger partial charge is 0.481 e. The van der Waals surface area contributed by atoms with Crippen LogP contribution in [-0.2, 0) is 9.59 Å². The molecule has 0 radical (unpaired) electrons. The van der Waals surface area contributed by atoms with E-state index in [0.717, 1.165) is 32.1 Å². The molecule has 4 nitrogen and oxygen atoms in total. The molecule has 22 heavy (non-hydrogen) atoms. The van der Waals surface area contributed by atoms with E-state index in [1.807, 2.05) is 0 Å². The molecule has 0 spiro atoms. The standard InChI is InChI=1S/C18H35NO3/c1-3-5-7-8-9-10-12-15-19(16-14-18(21)22)17(20)13-11-6-4-2/h3-16H2,1-2H3,(H,21,22). The van der Waals surface area contributed by atoms with Gasteiger partial charge in [0, 0.05) is 19.5 Å². The first-order valence-electron chi connectivity index (χ1n) is 9.11. The number of nitrogens with zero attached hydrogens (tertiary/aromatic N) is 1. The predicted molar refractivity (Wildman–Crippen MR) is 91.0 cm³/mol. The summed E-state index contributed by atoms with van der Waals surface area (Å²) in [6.45, 7) is 5.40. The van der Waals surface area contributed by atoms with E-state index in [-0.39, 0.29) is 12.3 Å². The molecule has 130 valence electrons. The second-order valence-electron chi connectivity index (χ2n) is 6.10. The highest BCUT2D eigenvalue weighted by molar-refractivity contribution is 5.77. The van der Waals surface area contributed by atoms with Gasteiger partial charge in [0.25, 0.3) is 0 Å². The molecule has 0 aliphatic rings. The number of carbonyl (C=O) groups excluding carboxylic acids is 1. The van der Waals surface area contributed by atoms with Crippen LogP contribution in [0.4, 0.5) is 0 Å². The van der Waals surface area contributed by atoms with Gasteiger partial charge in [-0.1, -0.05) is 65.2 Å². The second kappa shape index (κ2) is 14.9. The Morgan fingerprint density at radius 1 is 0.727 bits per heavy atom. The van der Waals surface area contributed by atoms with Gasteiger partial charge in [-0.3, -0.25) is 9.59 Å². The summed E-state index contributed by atoms with van der Waals surface area (Å²) in [5.74, 6) is -0.702. The molecule has 0 bridgehead atoms. The highest BCUT2D eigenvalue weighted by atomic mass is 16.4. The molecule has 1 N–H and O–H groups in total. The summed E-state index contributed by atoms with van der Waals surface area (Å²) in [4.78, 5) is 24.7. The molecule has 0 fully saturated rings. The van der Waals surface area contributed by atoms with Crippen LogP contribution in [0, 0.1) is 0 Å². The Kier molecular flexibility index (Phi) is 14.1. The van der Waals surface area contributed by atoms with Crippen molar-refractivity contribution in [1.29, 1.82) is 0 Å². The van der Waals surface area contributed by atoms with Crippen molar-refractivity contribution in [3.05, 3.63) is 0 Å². The van der Waals surface area contributed by atoms with Gasteiger partial charge in [-0.25, -0.2) is 0 Å². The van der Waals surface area contributed by atoms with Crippen molar-refractivity contribution >= 4 is 11.9 Å². The lowest BCUT2D eigenvalue weighted by Crippen LogP contribution is -2.33. The first-order chi connectivity index (χ1) is 10.6. The van der Waals surface area contributed by atoms with E-state index in [9.17, 15) is 9.59 Å². The highest BCUT2D eigenvalue weighted by Crippen LogP contribution is 2.10. The van der Waals surface area contributed by atoms with E-state index in [4.69, 9.17) is 5.11 Å². The number of rotatable bonds is 15. The topological polar surface area (TPSA) is 57.6 Å². The van der Waals surface area contributed by atoms with Gasteiger partial charge in [-0.2, -0.15) is 0 Å². The van der Waals surface area contributed by atoms with E-state index in [1.54, 1.807) is 4.90 Å². The quantitative estimate of drug-likeness (QED) is 0.449. The van der Waals surface area contributed by atoms with Crippen LogP contribution in [0.2, 0.25) is 0 Å². The van der Waals surface area contributed by atoms with Crippen molar-refractivity contribution in [3.63, 3.8) is 0 Å². The molecular formula is C18H35NO3. The molecular weight excluding hydrogens is 278 g/mol. The minimum absolute atomic E-state index is 0.0516. The predicted octanol–water partition coefficient (Wildman–Crippen LogP) is 4.62. The molecule has 0 aromatic carbocycles. The Morgan fingerprint density at radius 3 is 1.86 bits per heavy atom. The van der Waals surface area contributed by atoms with Crippen molar-refractivity contribution in [2.75, 3.05) is 13.1 Å². The summed E-state index contributed by atoms with van der Waals surface area (Å²) < 4.78 is 0. The smallest absolute Gasteiger partial charge is 0.305 e. The molecule has 0 aromatic rings. The average molecular weight is 313 g/mol. The average Bonchev–Trinajstić information content (AvgIpc) is 2.49. The maximum absolute atomic E-state index is 12.2. The fourth-order valence-corrected chi connectivity index (χ4v) is 2.54. The molecule has 1 amide bonds. The number of carboxylic acids is 1. The third-order valence-electron chi connectivity index (χ3n) is 3.97. The third kappa shape index (κ3) is 12.7. The normalized spacial score (nSPS) is 10.6. The molecule has 0 aliphatic heterocycles. The molecule has 4 heteroatoms. The molecule has 0 aromatic heterocycles. The van der Waals surface area contributed by atoms with Crippen molar-refractivity contribution in [3.8, 4) is 0 Å². The second-order valence-corrected chi connectivity index (χ2v) is 6.10. The summed E-state index contributed by atoms with van der Waals surface area (Å²) in [6, 6.07) is 0. The van der Waals surface area contributed by atoms with E-state index in [0.29, 0.717) is 19.5 Å². The van der Waals surface area contributed by atoms with Gasteiger partial charge < -0.3 is 10.0 Å². The van der Waals surface area contributed by atoms with Crippen LogP contribution in [0.1, 0.15) is 90.9 Å². The van der Waals surface area contributed by atoms with Gasteiger partial charge in [0.2, 0.25) is 5.91 Å². The number of aliphatic carboxylic acids is 1. The van der Waals surface area contributed by atoms with Crippen LogP contribution in [0.3, 0.4) is 0 Å². The van der Waals surface area contributed by atoms with Crippen molar-refractivity contribution in [1.82, 2.24) is 4.90 Å². The van der Waals surface area contributed by atoms with E-state index < -0.39 is 5.97 Å². The number of hydrogen-bond acceptors (Lipinski definition) is 2. The van der Waals surface area contributed by atoms with Crippen LogP contribution in [-0.4, -0.2) is 35.0 Å². The van der Waals surface area contributed by atoms with Crippen LogP contribution in [0.5, 0.6) is 0 Å². The van der Waals surface area contributed by atoms with Gasteiger partial charge >= 0.3 is 5.97 Å². The van der Waals surface area contributed by atoms with Crippen LogP contribution < -0.4 is 0 Å². The minimum Gasteiger partial charge on any atom is -0.481 e. The zero-order chi connectivity index (χ0) is 16.6. The van der Waals surface area contributed by atoms with E-state index in [1.165, 1.54) is 32.1 Å². The SMILES string of the molecule is CCCCCCCCCN(CCC(=O)O)C(=O)CCCCC. The Bertz CT molecular complexity index is 292. The lowest BCUT2D eigenvalue weighted by Gasteiger charge is -2.22. The summed E-state index contributed by atoms with van der Waals surface area (Å²) in [6.07, 6.45) is 12.2. The van der Waals surface area contributed by atoms with Crippen molar-refractivity contribution < 1.29 is 14.7 Å². The molecule has 0 rings (SSSR count). The number of carbonyl (C=O) groups is 2. The molecule has 0 unspecified atom stereocenters.